The summed E-state index contributed by atoms with van der Waals surface area (Å²) in [5, 5.41) is 0. The molecule has 1 saturated carbocycles. The van der Waals surface area contributed by atoms with E-state index in [0.717, 1.165) is 50.2 Å². The zero-order chi connectivity index (χ0) is 14.9. The number of hydrogen-bond donors (Lipinski definition) is 0. The highest BCUT2D eigenvalue weighted by atomic mass is 16.7. The first kappa shape index (κ1) is 14.8. The second kappa shape index (κ2) is 5.58. The summed E-state index contributed by atoms with van der Waals surface area (Å²) in [6.07, 6.45) is 7.65. The summed E-state index contributed by atoms with van der Waals surface area (Å²) >= 11 is 0. The number of hydrogen-bond acceptors (Lipinski definition) is 4. The molecule has 2 aliphatic rings. The van der Waals surface area contributed by atoms with Gasteiger partial charge in [0.15, 0.2) is 5.79 Å². The molecule has 1 aromatic heterocycles. The number of ether oxygens (including phenoxy) is 3. The lowest BCUT2D eigenvalue weighted by atomic mass is 9.88. The van der Waals surface area contributed by atoms with Crippen molar-refractivity contribution >= 4 is 0 Å². The third-order valence-corrected chi connectivity index (χ3v) is 4.41. The van der Waals surface area contributed by atoms with E-state index in [2.05, 4.69) is 18.8 Å². The quantitative estimate of drug-likeness (QED) is 0.836. The van der Waals surface area contributed by atoms with Crippen LogP contribution in [0.25, 0.3) is 0 Å². The Bertz CT molecular complexity index is 481. The van der Waals surface area contributed by atoms with Crippen LogP contribution in [-0.4, -0.2) is 30.1 Å². The molecule has 1 aromatic rings. The molecule has 0 unspecified atom stereocenters. The molecule has 0 bridgehead atoms. The maximum absolute atomic E-state index is 6.11. The topological polar surface area (TPSA) is 40.6 Å². The lowest BCUT2D eigenvalue weighted by molar-refractivity contribution is -0.313. The summed E-state index contributed by atoms with van der Waals surface area (Å²) in [5.74, 6) is 0.584. The molecular formula is C17H25NO3. The van der Waals surface area contributed by atoms with Crippen LogP contribution < -0.4 is 4.74 Å². The summed E-state index contributed by atoms with van der Waals surface area (Å²) in [6.45, 7) is 7.95. The molecule has 1 saturated heterocycles. The average Bonchev–Trinajstić information content (AvgIpc) is 2.47. The standard InChI is InChI=1S/C17H25NO3/c1-13-10-18-9-6-15(13)21-14-4-7-17(8-5-14)19-11-16(2,3)12-20-17/h6,9-10,14H,4-5,7-8,11-12H2,1-3H3. The Morgan fingerprint density at radius 2 is 1.86 bits per heavy atom. The molecule has 1 spiro atoms. The Hall–Kier alpha value is -1.13. The smallest absolute Gasteiger partial charge is 0.168 e. The molecule has 116 valence electrons. The molecule has 2 heterocycles. The van der Waals surface area contributed by atoms with Crippen LogP contribution in [0, 0.1) is 12.3 Å². The zero-order valence-electron chi connectivity index (χ0n) is 13.2. The van der Waals surface area contributed by atoms with Crippen LogP contribution in [0.4, 0.5) is 0 Å². The maximum atomic E-state index is 6.11. The minimum Gasteiger partial charge on any atom is -0.490 e. The van der Waals surface area contributed by atoms with Gasteiger partial charge in [0, 0.05) is 36.2 Å². The van der Waals surface area contributed by atoms with Crippen molar-refractivity contribution in [1.82, 2.24) is 4.98 Å². The fraction of sp³-hybridized carbons (Fsp3) is 0.706. The van der Waals surface area contributed by atoms with Gasteiger partial charge < -0.3 is 14.2 Å². The van der Waals surface area contributed by atoms with Gasteiger partial charge in [0.05, 0.1) is 19.3 Å². The monoisotopic (exact) mass is 291 g/mol. The SMILES string of the molecule is Cc1cnccc1OC1CCC2(CC1)OCC(C)(C)CO2. The van der Waals surface area contributed by atoms with Gasteiger partial charge in [-0.3, -0.25) is 4.98 Å². The van der Waals surface area contributed by atoms with Crippen LogP contribution in [0.3, 0.4) is 0 Å². The Balaban J connectivity index is 1.55. The molecular weight excluding hydrogens is 266 g/mol. The molecule has 21 heavy (non-hydrogen) atoms. The number of rotatable bonds is 2. The highest BCUT2D eigenvalue weighted by molar-refractivity contribution is 5.28. The van der Waals surface area contributed by atoms with Gasteiger partial charge in [-0.2, -0.15) is 0 Å². The van der Waals surface area contributed by atoms with Gasteiger partial charge in [0.2, 0.25) is 0 Å². The van der Waals surface area contributed by atoms with Crippen molar-refractivity contribution in [3.63, 3.8) is 0 Å². The summed E-state index contributed by atoms with van der Waals surface area (Å²) in [4.78, 5) is 4.10. The Morgan fingerprint density at radius 3 is 2.48 bits per heavy atom. The van der Waals surface area contributed by atoms with E-state index in [1.807, 2.05) is 19.2 Å². The second-order valence-corrected chi connectivity index (χ2v) is 7.11. The summed E-state index contributed by atoms with van der Waals surface area (Å²) < 4.78 is 18.2. The minimum atomic E-state index is -0.358. The van der Waals surface area contributed by atoms with Gasteiger partial charge >= 0.3 is 0 Å². The van der Waals surface area contributed by atoms with Gasteiger partial charge in [0.25, 0.3) is 0 Å². The van der Waals surface area contributed by atoms with Crippen LogP contribution in [0.5, 0.6) is 5.75 Å². The molecule has 0 radical (unpaired) electrons. The highest BCUT2D eigenvalue weighted by Gasteiger charge is 2.43. The molecule has 4 nitrogen and oxygen atoms in total. The molecule has 1 aliphatic heterocycles. The Labute approximate surface area is 126 Å². The van der Waals surface area contributed by atoms with E-state index in [1.54, 1.807) is 6.20 Å². The number of nitrogens with zero attached hydrogens (tertiary/aromatic N) is 1. The van der Waals surface area contributed by atoms with Crippen molar-refractivity contribution < 1.29 is 14.2 Å². The Kier molecular flexibility index (Phi) is 3.93. The van der Waals surface area contributed by atoms with Crippen LogP contribution in [0.1, 0.15) is 45.1 Å². The first-order valence-corrected chi connectivity index (χ1v) is 7.83. The third kappa shape index (κ3) is 3.38. The number of aromatic nitrogens is 1. The summed E-state index contributed by atoms with van der Waals surface area (Å²) in [7, 11) is 0. The van der Waals surface area contributed by atoms with Crippen LogP contribution in [0.15, 0.2) is 18.5 Å². The molecule has 2 fully saturated rings. The molecule has 4 heteroatoms. The van der Waals surface area contributed by atoms with Gasteiger partial charge in [-0.25, -0.2) is 0 Å². The van der Waals surface area contributed by atoms with E-state index in [1.165, 1.54) is 0 Å². The van der Waals surface area contributed by atoms with Gasteiger partial charge in [0.1, 0.15) is 5.75 Å². The normalized spacial score (nSPS) is 24.9. The maximum Gasteiger partial charge on any atom is 0.168 e. The van der Waals surface area contributed by atoms with Gasteiger partial charge in [-0.05, 0) is 25.8 Å². The summed E-state index contributed by atoms with van der Waals surface area (Å²) in [6, 6.07) is 1.94. The minimum absolute atomic E-state index is 0.132. The number of pyridine rings is 1. The van der Waals surface area contributed by atoms with Gasteiger partial charge in [-0.15, -0.1) is 0 Å². The van der Waals surface area contributed by atoms with Crippen LogP contribution in [0.2, 0.25) is 0 Å². The second-order valence-electron chi connectivity index (χ2n) is 7.11. The predicted molar refractivity (Wildman–Crippen MR) is 80.3 cm³/mol. The lowest BCUT2D eigenvalue weighted by Crippen LogP contribution is -2.50. The van der Waals surface area contributed by atoms with Crippen molar-refractivity contribution in [3.8, 4) is 5.75 Å². The highest BCUT2D eigenvalue weighted by Crippen LogP contribution is 2.40. The van der Waals surface area contributed by atoms with Gasteiger partial charge in [-0.1, -0.05) is 13.8 Å². The van der Waals surface area contributed by atoms with E-state index < -0.39 is 0 Å². The molecule has 0 atom stereocenters. The zero-order valence-corrected chi connectivity index (χ0v) is 13.2. The summed E-state index contributed by atoms with van der Waals surface area (Å²) in [5.41, 5.74) is 1.22. The molecule has 0 amide bonds. The molecule has 1 aliphatic carbocycles. The molecule has 0 aromatic carbocycles. The number of aryl methyl sites for hydroxylation is 1. The first-order valence-electron chi connectivity index (χ1n) is 7.83. The van der Waals surface area contributed by atoms with E-state index in [4.69, 9.17) is 14.2 Å². The van der Waals surface area contributed by atoms with Crippen molar-refractivity contribution in [1.29, 1.82) is 0 Å². The molecule has 0 N–H and O–H groups in total. The van der Waals surface area contributed by atoms with E-state index in [9.17, 15) is 0 Å². The lowest BCUT2D eigenvalue weighted by Gasteiger charge is -2.46. The fourth-order valence-corrected chi connectivity index (χ4v) is 2.95. The Morgan fingerprint density at radius 1 is 1.19 bits per heavy atom. The van der Waals surface area contributed by atoms with Crippen molar-refractivity contribution in [2.24, 2.45) is 5.41 Å². The van der Waals surface area contributed by atoms with Crippen molar-refractivity contribution in [2.75, 3.05) is 13.2 Å². The van der Waals surface area contributed by atoms with Crippen LogP contribution >= 0.6 is 0 Å². The van der Waals surface area contributed by atoms with E-state index in [0.29, 0.717) is 0 Å². The molecule has 3 rings (SSSR count). The predicted octanol–water partition coefficient (Wildman–Crippen LogP) is 3.48. The van der Waals surface area contributed by atoms with Crippen molar-refractivity contribution in [2.45, 2.75) is 58.3 Å². The third-order valence-electron chi connectivity index (χ3n) is 4.41. The fourth-order valence-electron chi connectivity index (χ4n) is 2.95. The first-order chi connectivity index (χ1) is 9.98. The van der Waals surface area contributed by atoms with Crippen LogP contribution in [-0.2, 0) is 9.47 Å². The largest absolute Gasteiger partial charge is 0.490 e. The average molecular weight is 291 g/mol. The van der Waals surface area contributed by atoms with E-state index in [-0.39, 0.29) is 17.3 Å². The van der Waals surface area contributed by atoms with E-state index >= 15 is 0 Å². The van der Waals surface area contributed by atoms with Crippen molar-refractivity contribution in [3.05, 3.63) is 24.0 Å².